The lowest BCUT2D eigenvalue weighted by Gasteiger charge is -2.07. The highest BCUT2D eigenvalue weighted by Crippen LogP contribution is 2.28. The first-order chi connectivity index (χ1) is 7.41. The van der Waals surface area contributed by atoms with E-state index in [0.717, 1.165) is 0 Å². The molecule has 0 aromatic heterocycles. The first-order valence-electron chi connectivity index (χ1n) is 4.30. The monoisotopic (exact) mass is 306 g/mol. The molecule has 86 valence electrons. The molecular weight excluding hydrogens is 299 g/mol. The molecule has 1 N–H and O–H groups in total. The molecular formula is C9H8BrClN2O3. The van der Waals surface area contributed by atoms with Crippen molar-refractivity contribution < 1.29 is 9.72 Å². The topological polar surface area (TPSA) is 72.2 Å². The largest absolute Gasteiger partial charge is 0.319 e. The van der Waals surface area contributed by atoms with Gasteiger partial charge in [0.1, 0.15) is 11.1 Å². The van der Waals surface area contributed by atoms with Gasteiger partial charge < -0.3 is 5.32 Å². The minimum Gasteiger partial charge on any atom is -0.319 e. The number of hydrogen-bond acceptors (Lipinski definition) is 3. The quantitative estimate of drug-likeness (QED) is 0.530. The molecule has 0 aliphatic heterocycles. The molecule has 1 aromatic carbocycles. The van der Waals surface area contributed by atoms with Crippen molar-refractivity contribution in [3.8, 4) is 0 Å². The number of carbonyl (C=O) groups excluding carboxylic acids is 1. The normalized spacial score (nSPS) is 11.9. The number of nitro benzene ring substituents is 1. The summed E-state index contributed by atoms with van der Waals surface area (Å²) in [5.74, 6) is -0.480. The minimum absolute atomic E-state index is 0.130. The molecule has 0 bridgehead atoms. The number of amides is 1. The van der Waals surface area contributed by atoms with Crippen molar-refractivity contribution in [2.75, 3.05) is 5.32 Å². The van der Waals surface area contributed by atoms with Gasteiger partial charge in [0.25, 0.3) is 5.69 Å². The van der Waals surface area contributed by atoms with Crippen LogP contribution in [0.15, 0.2) is 22.7 Å². The number of rotatable bonds is 3. The number of benzene rings is 1. The highest BCUT2D eigenvalue weighted by Gasteiger charge is 2.18. The number of nitrogens with zero attached hydrogens (tertiary/aromatic N) is 1. The summed E-state index contributed by atoms with van der Waals surface area (Å²) in [7, 11) is 0. The number of halogens is 2. The number of hydrogen-bond donors (Lipinski definition) is 1. The molecule has 0 aliphatic rings. The lowest BCUT2D eigenvalue weighted by atomic mass is 10.2. The smallest absolute Gasteiger partial charge is 0.293 e. The maximum absolute atomic E-state index is 11.3. The second-order valence-corrected chi connectivity index (χ2v) is 4.59. The molecule has 1 atom stereocenters. The standard InChI is InChI=1S/C9H8BrClN2O3/c1-5(11)9(14)12-7-3-2-6(10)4-8(7)13(15)16/h2-5H,1H3,(H,12,14)/t5-/m1/s1. The van der Waals surface area contributed by atoms with E-state index in [1.165, 1.54) is 19.1 Å². The summed E-state index contributed by atoms with van der Waals surface area (Å²) < 4.78 is 0.566. The van der Waals surface area contributed by atoms with Crippen LogP contribution in [-0.4, -0.2) is 16.2 Å². The zero-order chi connectivity index (χ0) is 12.3. The van der Waals surface area contributed by atoms with Gasteiger partial charge in [-0.1, -0.05) is 15.9 Å². The van der Waals surface area contributed by atoms with Crippen LogP contribution in [0.3, 0.4) is 0 Å². The molecule has 0 saturated heterocycles. The van der Waals surface area contributed by atoms with E-state index in [2.05, 4.69) is 21.2 Å². The van der Waals surface area contributed by atoms with Crippen molar-refractivity contribution in [2.45, 2.75) is 12.3 Å². The zero-order valence-corrected chi connectivity index (χ0v) is 10.6. The van der Waals surface area contributed by atoms with Gasteiger partial charge in [-0.15, -0.1) is 11.6 Å². The summed E-state index contributed by atoms with van der Waals surface area (Å²) in [5.41, 5.74) is -0.0502. The van der Waals surface area contributed by atoms with Crippen molar-refractivity contribution in [3.63, 3.8) is 0 Å². The average Bonchev–Trinajstić information content (AvgIpc) is 2.20. The summed E-state index contributed by atoms with van der Waals surface area (Å²) in [6, 6.07) is 4.36. The van der Waals surface area contributed by atoms with Crippen LogP contribution in [0.2, 0.25) is 0 Å². The molecule has 1 amide bonds. The number of alkyl halides is 1. The van der Waals surface area contributed by atoms with Crippen molar-refractivity contribution in [1.82, 2.24) is 0 Å². The van der Waals surface area contributed by atoms with Crippen LogP contribution in [-0.2, 0) is 4.79 Å². The van der Waals surface area contributed by atoms with Crippen LogP contribution in [0.5, 0.6) is 0 Å². The highest BCUT2D eigenvalue weighted by molar-refractivity contribution is 9.10. The van der Waals surface area contributed by atoms with E-state index in [0.29, 0.717) is 4.47 Å². The third-order valence-electron chi connectivity index (χ3n) is 1.78. The molecule has 5 nitrogen and oxygen atoms in total. The number of anilines is 1. The Hall–Kier alpha value is -1.14. The van der Waals surface area contributed by atoms with Crippen LogP contribution < -0.4 is 5.32 Å². The fourth-order valence-corrected chi connectivity index (χ4v) is 1.40. The van der Waals surface area contributed by atoms with Crippen molar-refractivity contribution in [2.24, 2.45) is 0 Å². The van der Waals surface area contributed by atoms with Crippen LogP contribution in [0.4, 0.5) is 11.4 Å². The van der Waals surface area contributed by atoms with Gasteiger partial charge in [-0.25, -0.2) is 0 Å². The van der Waals surface area contributed by atoms with Gasteiger partial charge in [0.2, 0.25) is 5.91 Å². The number of carbonyl (C=O) groups is 1. The first-order valence-corrected chi connectivity index (χ1v) is 5.53. The maximum Gasteiger partial charge on any atom is 0.293 e. The second kappa shape index (κ2) is 5.27. The predicted molar refractivity (Wildman–Crippen MR) is 64.7 cm³/mol. The van der Waals surface area contributed by atoms with E-state index in [4.69, 9.17) is 11.6 Å². The molecule has 0 radical (unpaired) electrons. The van der Waals surface area contributed by atoms with Gasteiger partial charge in [0, 0.05) is 10.5 Å². The Labute approximate surface area is 105 Å². The lowest BCUT2D eigenvalue weighted by molar-refractivity contribution is -0.384. The molecule has 0 heterocycles. The molecule has 16 heavy (non-hydrogen) atoms. The van der Waals surface area contributed by atoms with Crippen molar-refractivity contribution in [1.29, 1.82) is 0 Å². The Balaban J connectivity index is 3.04. The SMILES string of the molecule is C[C@@H](Cl)C(=O)Nc1ccc(Br)cc1[N+](=O)[O-]. The van der Waals surface area contributed by atoms with E-state index >= 15 is 0 Å². The molecule has 1 rings (SSSR count). The molecule has 0 unspecified atom stereocenters. The van der Waals surface area contributed by atoms with Crippen LogP contribution in [0, 0.1) is 10.1 Å². The van der Waals surface area contributed by atoms with Gasteiger partial charge in [-0.05, 0) is 19.1 Å². The van der Waals surface area contributed by atoms with Gasteiger partial charge in [0.05, 0.1) is 4.92 Å². The maximum atomic E-state index is 11.3. The van der Waals surface area contributed by atoms with Crippen LogP contribution in [0.25, 0.3) is 0 Å². The number of nitro groups is 1. The van der Waals surface area contributed by atoms with Gasteiger partial charge in [-0.3, -0.25) is 14.9 Å². The van der Waals surface area contributed by atoms with E-state index in [9.17, 15) is 14.9 Å². The molecule has 0 aliphatic carbocycles. The van der Waals surface area contributed by atoms with Crippen molar-refractivity contribution in [3.05, 3.63) is 32.8 Å². The number of nitrogens with one attached hydrogen (secondary N) is 1. The van der Waals surface area contributed by atoms with E-state index < -0.39 is 16.2 Å². The average molecular weight is 308 g/mol. The first kappa shape index (κ1) is 12.9. The van der Waals surface area contributed by atoms with E-state index in [1.807, 2.05) is 0 Å². The zero-order valence-electron chi connectivity index (χ0n) is 8.24. The fourth-order valence-electron chi connectivity index (χ4n) is 0.994. The minimum atomic E-state index is -0.747. The summed E-state index contributed by atoms with van der Waals surface area (Å²) in [6.07, 6.45) is 0. The Morgan fingerprint density at radius 1 is 1.62 bits per heavy atom. The van der Waals surface area contributed by atoms with Gasteiger partial charge in [-0.2, -0.15) is 0 Å². The second-order valence-electron chi connectivity index (χ2n) is 3.02. The summed E-state index contributed by atoms with van der Waals surface area (Å²) in [5, 5.41) is 12.4. The molecule has 0 fully saturated rings. The van der Waals surface area contributed by atoms with Gasteiger partial charge >= 0.3 is 0 Å². The molecule has 1 aromatic rings. The third kappa shape index (κ3) is 3.18. The van der Waals surface area contributed by atoms with E-state index in [-0.39, 0.29) is 11.4 Å². The Kier molecular flexibility index (Phi) is 4.26. The Morgan fingerprint density at radius 2 is 2.25 bits per heavy atom. The van der Waals surface area contributed by atoms with Crippen molar-refractivity contribution >= 4 is 44.8 Å². The Bertz CT molecular complexity index is 437. The van der Waals surface area contributed by atoms with Crippen LogP contribution >= 0.6 is 27.5 Å². The van der Waals surface area contributed by atoms with Crippen LogP contribution in [0.1, 0.15) is 6.92 Å². The Morgan fingerprint density at radius 3 is 2.75 bits per heavy atom. The molecule has 0 saturated carbocycles. The molecule has 7 heteroatoms. The summed E-state index contributed by atoms with van der Waals surface area (Å²) in [4.78, 5) is 21.5. The highest BCUT2D eigenvalue weighted by atomic mass is 79.9. The fraction of sp³-hybridized carbons (Fsp3) is 0.222. The summed E-state index contributed by atoms with van der Waals surface area (Å²) >= 11 is 8.67. The van der Waals surface area contributed by atoms with Gasteiger partial charge in [0.15, 0.2) is 0 Å². The summed E-state index contributed by atoms with van der Waals surface area (Å²) in [6.45, 7) is 1.49. The predicted octanol–water partition coefficient (Wildman–Crippen LogP) is 2.92. The third-order valence-corrected chi connectivity index (χ3v) is 2.47. The molecule has 0 spiro atoms. The lowest BCUT2D eigenvalue weighted by Crippen LogP contribution is -2.20. The van der Waals surface area contributed by atoms with E-state index in [1.54, 1.807) is 6.07 Å².